The number of hydrogen-bond donors (Lipinski definition) is 1. The quantitative estimate of drug-likeness (QED) is 0.426. The molecule has 1 aromatic carbocycles. The van der Waals surface area contributed by atoms with E-state index in [9.17, 15) is 9.18 Å². The Morgan fingerprint density at radius 3 is 2.79 bits per heavy atom. The Balaban J connectivity index is 1.51. The summed E-state index contributed by atoms with van der Waals surface area (Å²) < 4.78 is 20.2. The van der Waals surface area contributed by atoms with Crippen molar-refractivity contribution in [2.24, 2.45) is 5.73 Å². The number of halogens is 1. The van der Waals surface area contributed by atoms with E-state index in [4.69, 9.17) is 10.3 Å². The molecule has 8 nitrogen and oxygen atoms in total. The van der Waals surface area contributed by atoms with Crippen molar-refractivity contribution < 1.29 is 13.7 Å². The van der Waals surface area contributed by atoms with Crippen LogP contribution in [0.25, 0.3) is 22.1 Å². The van der Waals surface area contributed by atoms with Gasteiger partial charge in [-0.3, -0.25) is 4.79 Å². The number of thiophene rings is 1. The van der Waals surface area contributed by atoms with Crippen LogP contribution in [0.2, 0.25) is 0 Å². The normalized spacial score (nSPS) is 11.1. The van der Waals surface area contributed by atoms with Crippen LogP contribution in [0.5, 0.6) is 0 Å². The molecule has 148 valence electrons. The summed E-state index contributed by atoms with van der Waals surface area (Å²) in [6.45, 7) is 0.378. The van der Waals surface area contributed by atoms with Crippen LogP contribution in [0.3, 0.4) is 0 Å². The van der Waals surface area contributed by atoms with E-state index in [-0.39, 0.29) is 12.2 Å². The first-order valence-electron chi connectivity index (χ1n) is 8.57. The van der Waals surface area contributed by atoms with Gasteiger partial charge in [-0.25, -0.2) is 4.39 Å². The Kier molecular flexibility index (Phi) is 5.67. The first-order valence-corrected chi connectivity index (χ1v) is 10.4. The molecule has 0 saturated heterocycles. The number of nitrogens with zero attached hydrogens (tertiary/aromatic N) is 5. The molecule has 0 unspecified atom stereocenters. The molecule has 3 heterocycles. The van der Waals surface area contributed by atoms with Crippen LogP contribution in [-0.4, -0.2) is 30.8 Å². The molecule has 0 fully saturated rings. The molecule has 0 atom stereocenters. The van der Waals surface area contributed by atoms with Gasteiger partial charge < -0.3 is 14.8 Å². The molecule has 0 saturated carbocycles. The van der Waals surface area contributed by atoms with Crippen molar-refractivity contribution >= 4 is 29.0 Å². The number of nitrogens with two attached hydrogens (primary N) is 1. The molecule has 0 aliphatic rings. The van der Waals surface area contributed by atoms with Crippen LogP contribution in [0, 0.1) is 5.82 Å². The van der Waals surface area contributed by atoms with Crippen molar-refractivity contribution in [3.05, 3.63) is 53.5 Å². The largest absolute Gasteiger partial charge is 0.370 e. The second-order valence-corrected chi connectivity index (χ2v) is 7.85. The topological polar surface area (TPSA) is 113 Å². The van der Waals surface area contributed by atoms with Gasteiger partial charge in [0.05, 0.1) is 10.6 Å². The molecular weight excluding hydrogens is 415 g/mol. The molecule has 1 amide bonds. The van der Waals surface area contributed by atoms with Gasteiger partial charge in [-0.2, -0.15) is 4.98 Å². The fourth-order valence-corrected chi connectivity index (χ4v) is 4.08. The zero-order chi connectivity index (χ0) is 20.2. The molecule has 0 aliphatic heterocycles. The third kappa shape index (κ3) is 4.51. The Morgan fingerprint density at radius 2 is 2.07 bits per heavy atom. The van der Waals surface area contributed by atoms with Crippen LogP contribution >= 0.6 is 23.1 Å². The SMILES string of the molecule is NC(=O)CCn1c(SCc2nc(-c3ccc(F)cc3)no2)nnc1-c1cccs1. The lowest BCUT2D eigenvalue weighted by molar-refractivity contribution is -0.118. The number of amides is 1. The fourth-order valence-electron chi connectivity index (χ4n) is 2.56. The summed E-state index contributed by atoms with van der Waals surface area (Å²) in [4.78, 5) is 16.5. The monoisotopic (exact) mass is 430 g/mol. The average molecular weight is 430 g/mol. The van der Waals surface area contributed by atoms with Gasteiger partial charge in [-0.15, -0.1) is 21.5 Å². The van der Waals surface area contributed by atoms with Gasteiger partial charge in [0.25, 0.3) is 0 Å². The van der Waals surface area contributed by atoms with Crippen LogP contribution in [-0.2, 0) is 17.1 Å². The third-order valence-electron chi connectivity index (χ3n) is 3.94. The van der Waals surface area contributed by atoms with Gasteiger partial charge in [0, 0.05) is 18.5 Å². The maximum Gasteiger partial charge on any atom is 0.237 e. The van der Waals surface area contributed by atoms with Crippen molar-refractivity contribution in [1.29, 1.82) is 0 Å². The van der Waals surface area contributed by atoms with Crippen LogP contribution in [0.15, 0.2) is 51.5 Å². The Labute approximate surface area is 173 Å². The zero-order valence-electron chi connectivity index (χ0n) is 15.0. The summed E-state index contributed by atoms with van der Waals surface area (Å²) in [5.74, 6) is 1.11. The fraction of sp³-hybridized carbons (Fsp3) is 0.167. The van der Waals surface area contributed by atoms with Crippen molar-refractivity contribution in [2.45, 2.75) is 23.9 Å². The van der Waals surface area contributed by atoms with Crippen molar-refractivity contribution in [1.82, 2.24) is 24.9 Å². The average Bonchev–Trinajstić information content (AvgIpc) is 3.45. The Morgan fingerprint density at radius 1 is 1.24 bits per heavy atom. The lowest BCUT2D eigenvalue weighted by atomic mass is 10.2. The van der Waals surface area contributed by atoms with Crippen molar-refractivity contribution in [3.63, 3.8) is 0 Å². The number of rotatable bonds is 8. The summed E-state index contributed by atoms with van der Waals surface area (Å²) in [5.41, 5.74) is 5.97. The first-order chi connectivity index (χ1) is 14.1. The maximum atomic E-state index is 13.1. The highest BCUT2D eigenvalue weighted by Gasteiger charge is 2.17. The Hall–Kier alpha value is -3.05. The molecule has 0 bridgehead atoms. The smallest absolute Gasteiger partial charge is 0.237 e. The van der Waals surface area contributed by atoms with Crippen molar-refractivity contribution in [3.8, 4) is 22.1 Å². The molecule has 4 aromatic rings. The van der Waals surface area contributed by atoms with Gasteiger partial charge in [-0.1, -0.05) is 23.0 Å². The standard InChI is InChI=1S/C18H15FN6O2S2/c19-12-5-3-11(4-6-12)16-21-15(27-24-16)10-29-18-23-22-17(13-2-1-9-28-13)25(18)8-7-14(20)26/h1-6,9H,7-8,10H2,(H2,20,26). The minimum atomic E-state index is -0.396. The zero-order valence-corrected chi connectivity index (χ0v) is 16.6. The second kappa shape index (κ2) is 8.53. The first kappa shape index (κ1) is 19.3. The second-order valence-electron chi connectivity index (χ2n) is 5.96. The van der Waals surface area contributed by atoms with Gasteiger partial charge >= 0.3 is 0 Å². The lowest BCUT2D eigenvalue weighted by Gasteiger charge is -2.07. The van der Waals surface area contributed by atoms with Gasteiger partial charge in [-0.05, 0) is 35.7 Å². The van der Waals surface area contributed by atoms with Crippen molar-refractivity contribution in [2.75, 3.05) is 0 Å². The highest BCUT2D eigenvalue weighted by atomic mass is 32.2. The molecule has 11 heteroatoms. The lowest BCUT2D eigenvalue weighted by Crippen LogP contribution is -2.14. The summed E-state index contributed by atoms with van der Waals surface area (Å²) >= 11 is 2.90. The highest BCUT2D eigenvalue weighted by Crippen LogP contribution is 2.29. The number of primary amides is 1. The van der Waals surface area contributed by atoms with E-state index in [1.807, 2.05) is 22.1 Å². The molecule has 3 aromatic heterocycles. The minimum Gasteiger partial charge on any atom is -0.370 e. The minimum absolute atomic E-state index is 0.180. The van der Waals surface area contributed by atoms with Crippen LogP contribution in [0.4, 0.5) is 4.39 Å². The number of aromatic nitrogens is 5. The maximum absolute atomic E-state index is 13.1. The summed E-state index contributed by atoms with van der Waals surface area (Å²) in [6.07, 6.45) is 0.180. The van der Waals surface area contributed by atoms with Crippen LogP contribution in [0.1, 0.15) is 12.3 Å². The summed E-state index contributed by atoms with van der Waals surface area (Å²) in [7, 11) is 0. The molecule has 0 radical (unpaired) electrons. The third-order valence-corrected chi connectivity index (χ3v) is 5.75. The molecule has 2 N–H and O–H groups in total. The number of hydrogen-bond acceptors (Lipinski definition) is 8. The van der Waals surface area contributed by atoms with E-state index in [0.717, 1.165) is 4.88 Å². The molecular formula is C18H15FN6O2S2. The molecule has 4 rings (SSSR count). The number of carbonyl (C=O) groups excluding carboxylic acids is 1. The van der Waals surface area contributed by atoms with E-state index >= 15 is 0 Å². The van der Waals surface area contributed by atoms with Gasteiger partial charge in [0.1, 0.15) is 5.82 Å². The number of thioether (sulfide) groups is 1. The van der Waals surface area contributed by atoms with E-state index < -0.39 is 5.91 Å². The summed E-state index contributed by atoms with van der Waals surface area (Å²) in [6, 6.07) is 9.73. The predicted molar refractivity (Wildman–Crippen MR) is 106 cm³/mol. The van der Waals surface area contributed by atoms with E-state index in [1.54, 1.807) is 12.1 Å². The van der Waals surface area contributed by atoms with E-state index in [0.29, 0.717) is 40.6 Å². The van der Waals surface area contributed by atoms with Crippen LogP contribution < -0.4 is 5.73 Å². The number of carbonyl (C=O) groups is 1. The van der Waals surface area contributed by atoms with Gasteiger partial charge in [0.2, 0.25) is 17.6 Å². The Bertz CT molecular complexity index is 1110. The molecule has 29 heavy (non-hydrogen) atoms. The highest BCUT2D eigenvalue weighted by molar-refractivity contribution is 7.98. The number of benzene rings is 1. The van der Waals surface area contributed by atoms with Gasteiger partial charge in [0.15, 0.2) is 11.0 Å². The molecule has 0 aliphatic carbocycles. The van der Waals surface area contributed by atoms with E-state index in [2.05, 4.69) is 20.3 Å². The predicted octanol–water partition coefficient (Wildman–Crippen LogP) is 3.36. The van der Waals surface area contributed by atoms with E-state index in [1.165, 1.54) is 35.2 Å². The molecule has 0 spiro atoms. The summed E-state index contributed by atoms with van der Waals surface area (Å²) in [5, 5.41) is 15.0.